The maximum Gasteiger partial charge on any atom is 0.184 e. The molecule has 0 aliphatic heterocycles. The van der Waals surface area contributed by atoms with Crippen LogP contribution in [0, 0.1) is 0 Å². The van der Waals surface area contributed by atoms with E-state index in [0.29, 0.717) is 0 Å². The Hall–Kier alpha value is -1.69. The molecule has 0 aliphatic carbocycles. The standard InChI is InChI=1S/C9H13N5S/c1-14(2)8-4-3-5-11-7(8)6-12-13-9(10)15/h3-6H,1-2H3,(H3,10,13,15)/b12-6+. The van der Waals surface area contributed by atoms with Gasteiger partial charge >= 0.3 is 0 Å². The zero-order chi connectivity index (χ0) is 11.3. The van der Waals surface area contributed by atoms with Crippen LogP contribution in [-0.4, -0.2) is 30.4 Å². The highest BCUT2D eigenvalue weighted by Gasteiger charge is 2.01. The summed E-state index contributed by atoms with van der Waals surface area (Å²) in [7, 11) is 3.88. The number of pyridine rings is 1. The van der Waals surface area contributed by atoms with Gasteiger partial charge in [-0.1, -0.05) is 0 Å². The first-order valence-electron chi connectivity index (χ1n) is 4.32. The van der Waals surface area contributed by atoms with Gasteiger partial charge in [0.1, 0.15) is 5.69 Å². The van der Waals surface area contributed by atoms with Gasteiger partial charge < -0.3 is 10.6 Å². The molecule has 0 spiro atoms. The van der Waals surface area contributed by atoms with Gasteiger partial charge in [0.15, 0.2) is 5.11 Å². The predicted octanol–water partition coefficient (Wildman–Crippen LogP) is 0.315. The highest BCUT2D eigenvalue weighted by Crippen LogP contribution is 2.12. The highest BCUT2D eigenvalue weighted by atomic mass is 32.1. The van der Waals surface area contributed by atoms with E-state index < -0.39 is 0 Å². The average Bonchev–Trinajstić information content (AvgIpc) is 2.17. The number of aromatic nitrogens is 1. The van der Waals surface area contributed by atoms with Crippen LogP contribution in [0.1, 0.15) is 5.69 Å². The number of hydrazone groups is 1. The summed E-state index contributed by atoms with van der Waals surface area (Å²) in [5.74, 6) is 0. The summed E-state index contributed by atoms with van der Waals surface area (Å²) >= 11 is 4.62. The molecule has 80 valence electrons. The van der Waals surface area contributed by atoms with Crippen molar-refractivity contribution in [3.05, 3.63) is 24.0 Å². The number of nitrogens with one attached hydrogen (secondary N) is 1. The zero-order valence-corrected chi connectivity index (χ0v) is 9.45. The largest absolute Gasteiger partial charge is 0.376 e. The van der Waals surface area contributed by atoms with Crippen molar-refractivity contribution in [3.8, 4) is 0 Å². The molecule has 6 heteroatoms. The van der Waals surface area contributed by atoms with Gasteiger partial charge in [-0.3, -0.25) is 10.4 Å². The smallest absolute Gasteiger partial charge is 0.184 e. The fourth-order valence-corrected chi connectivity index (χ4v) is 1.10. The molecule has 0 unspecified atom stereocenters. The second-order valence-corrected chi connectivity index (χ2v) is 3.48. The lowest BCUT2D eigenvalue weighted by Crippen LogP contribution is -2.24. The molecule has 0 fully saturated rings. The monoisotopic (exact) mass is 223 g/mol. The molecule has 0 saturated carbocycles. The Morgan fingerprint density at radius 3 is 3.00 bits per heavy atom. The van der Waals surface area contributed by atoms with Crippen LogP contribution < -0.4 is 16.1 Å². The van der Waals surface area contributed by atoms with Crippen LogP contribution >= 0.6 is 12.2 Å². The molecule has 0 radical (unpaired) electrons. The van der Waals surface area contributed by atoms with Crippen molar-refractivity contribution >= 4 is 29.2 Å². The summed E-state index contributed by atoms with van der Waals surface area (Å²) in [6.45, 7) is 0. The minimum atomic E-state index is 0.133. The molecule has 1 rings (SSSR count). The number of nitrogens with two attached hydrogens (primary N) is 1. The van der Waals surface area contributed by atoms with Gasteiger partial charge in [-0.15, -0.1) is 0 Å². The molecule has 5 nitrogen and oxygen atoms in total. The summed E-state index contributed by atoms with van der Waals surface area (Å²) in [6.07, 6.45) is 3.28. The first-order valence-corrected chi connectivity index (χ1v) is 4.73. The highest BCUT2D eigenvalue weighted by molar-refractivity contribution is 7.80. The fraction of sp³-hybridized carbons (Fsp3) is 0.222. The first-order chi connectivity index (χ1) is 7.11. The Kier molecular flexibility index (Phi) is 3.99. The Labute approximate surface area is 94.0 Å². The first kappa shape index (κ1) is 11.4. The van der Waals surface area contributed by atoms with Gasteiger partial charge in [0.25, 0.3) is 0 Å². The second kappa shape index (κ2) is 5.26. The van der Waals surface area contributed by atoms with Gasteiger partial charge in [-0.05, 0) is 24.4 Å². The third-order valence-corrected chi connectivity index (χ3v) is 1.75. The normalized spacial score (nSPS) is 10.3. The van der Waals surface area contributed by atoms with Crippen LogP contribution in [-0.2, 0) is 0 Å². The molecule has 1 aromatic rings. The third kappa shape index (κ3) is 3.51. The van der Waals surface area contributed by atoms with Crippen molar-refractivity contribution in [2.75, 3.05) is 19.0 Å². The van der Waals surface area contributed by atoms with E-state index in [2.05, 4.69) is 27.7 Å². The lowest BCUT2D eigenvalue weighted by atomic mass is 10.3. The van der Waals surface area contributed by atoms with Crippen molar-refractivity contribution in [1.29, 1.82) is 0 Å². The molecule has 0 aromatic carbocycles. The number of hydrogen-bond acceptors (Lipinski definition) is 4. The number of hydrogen-bond donors (Lipinski definition) is 2. The number of nitrogens with zero attached hydrogens (tertiary/aromatic N) is 3. The minimum Gasteiger partial charge on any atom is -0.376 e. The van der Waals surface area contributed by atoms with E-state index in [4.69, 9.17) is 5.73 Å². The molecular formula is C9H13N5S. The van der Waals surface area contributed by atoms with Gasteiger partial charge in [0.05, 0.1) is 11.9 Å². The van der Waals surface area contributed by atoms with E-state index in [9.17, 15) is 0 Å². The van der Waals surface area contributed by atoms with Crippen molar-refractivity contribution in [2.45, 2.75) is 0 Å². The summed E-state index contributed by atoms with van der Waals surface area (Å²) in [5.41, 5.74) is 9.44. The Morgan fingerprint density at radius 1 is 1.67 bits per heavy atom. The summed E-state index contributed by atoms with van der Waals surface area (Å²) in [6, 6.07) is 3.82. The number of thiocarbonyl (C=S) groups is 1. The van der Waals surface area contributed by atoms with Crippen LogP contribution in [0.2, 0.25) is 0 Å². The van der Waals surface area contributed by atoms with Crippen LogP contribution in [0.4, 0.5) is 5.69 Å². The molecule has 15 heavy (non-hydrogen) atoms. The van der Waals surface area contributed by atoms with E-state index in [1.165, 1.54) is 0 Å². The maximum absolute atomic E-state index is 5.23. The molecule has 0 aliphatic rings. The molecule has 0 amide bonds. The predicted molar refractivity (Wildman–Crippen MR) is 66.1 cm³/mol. The SMILES string of the molecule is CN(C)c1cccnc1/C=N/NC(N)=S. The summed E-state index contributed by atoms with van der Waals surface area (Å²) in [4.78, 5) is 6.14. The van der Waals surface area contributed by atoms with Crippen molar-refractivity contribution in [3.63, 3.8) is 0 Å². The third-order valence-electron chi connectivity index (χ3n) is 1.66. The molecular weight excluding hydrogens is 210 g/mol. The molecule has 3 N–H and O–H groups in total. The van der Waals surface area contributed by atoms with Crippen molar-refractivity contribution in [2.24, 2.45) is 10.8 Å². The zero-order valence-electron chi connectivity index (χ0n) is 8.64. The number of rotatable bonds is 3. The summed E-state index contributed by atoms with van der Waals surface area (Å²) in [5, 5.41) is 3.99. The van der Waals surface area contributed by atoms with E-state index in [0.717, 1.165) is 11.4 Å². The van der Waals surface area contributed by atoms with Crippen molar-refractivity contribution in [1.82, 2.24) is 10.4 Å². The van der Waals surface area contributed by atoms with E-state index in [1.54, 1.807) is 12.4 Å². The van der Waals surface area contributed by atoms with Crippen LogP contribution in [0.5, 0.6) is 0 Å². The summed E-state index contributed by atoms with van der Waals surface area (Å²) < 4.78 is 0. The van der Waals surface area contributed by atoms with Crippen LogP contribution in [0.15, 0.2) is 23.4 Å². The average molecular weight is 223 g/mol. The lowest BCUT2D eigenvalue weighted by molar-refractivity contribution is 1.03. The molecule has 0 bridgehead atoms. The molecule has 1 heterocycles. The fourth-order valence-electron chi connectivity index (χ4n) is 1.04. The Bertz CT molecular complexity index is 375. The second-order valence-electron chi connectivity index (χ2n) is 3.04. The minimum absolute atomic E-state index is 0.133. The van der Waals surface area contributed by atoms with Gasteiger partial charge in [-0.25, -0.2) is 0 Å². The quantitative estimate of drug-likeness (QED) is 0.439. The van der Waals surface area contributed by atoms with E-state index in [1.807, 2.05) is 31.1 Å². The number of anilines is 1. The van der Waals surface area contributed by atoms with Gasteiger partial charge in [0, 0.05) is 20.3 Å². The van der Waals surface area contributed by atoms with Gasteiger partial charge in [-0.2, -0.15) is 5.10 Å². The van der Waals surface area contributed by atoms with E-state index in [-0.39, 0.29) is 5.11 Å². The van der Waals surface area contributed by atoms with Gasteiger partial charge in [0.2, 0.25) is 0 Å². The van der Waals surface area contributed by atoms with Crippen LogP contribution in [0.3, 0.4) is 0 Å². The van der Waals surface area contributed by atoms with Crippen molar-refractivity contribution < 1.29 is 0 Å². The lowest BCUT2D eigenvalue weighted by Gasteiger charge is -2.13. The molecule has 1 aromatic heterocycles. The topological polar surface area (TPSA) is 66.5 Å². The Balaban J connectivity index is 2.84. The van der Waals surface area contributed by atoms with E-state index >= 15 is 0 Å². The molecule has 0 saturated heterocycles. The maximum atomic E-state index is 5.23. The Morgan fingerprint density at radius 2 is 2.40 bits per heavy atom. The van der Waals surface area contributed by atoms with Crippen LogP contribution in [0.25, 0.3) is 0 Å². The molecule has 0 atom stereocenters.